The van der Waals surface area contributed by atoms with E-state index in [4.69, 9.17) is 0 Å². The molecule has 1 atom stereocenters. The number of hydrogen-bond donors (Lipinski definition) is 2. The SMILES string of the molecule is O=C(N1CC(c2ccc(N3CCC(O)(C(F)(F)F)C3)nc2)C1)N1CC2(CC(c3nnc(C4CC4)[nH]3)C2)C1. The van der Waals surface area contributed by atoms with Gasteiger partial charge in [-0.1, -0.05) is 6.07 Å². The fraction of sp³-hybridized carbons (Fsp3) is 0.680. The van der Waals surface area contributed by atoms with Crippen LogP contribution in [-0.2, 0) is 0 Å². The van der Waals surface area contributed by atoms with Gasteiger partial charge < -0.3 is 24.8 Å². The maximum absolute atomic E-state index is 13.1. The summed E-state index contributed by atoms with van der Waals surface area (Å²) < 4.78 is 39.3. The minimum Gasteiger partial charge on any atom is -0.379 e. The Kier molecular flexibility index (Phi) is 4.91. The van der Waals surface area contributed by atoms with Crippen LogP contribution in [0.15, 0.2) is 18.3 Å². The van der Waals surface area contributed by atoms with Gasteiger partial charge in [-0.05, 0) is 37.3 Å². The third kappa shape index (κ3) is 3.86. The first-order chi connectivity index (χ1) is 17.6. The largest absolute Gasteiger partial charge is 0.418 e. The van der Waals surface area contributed by atoms with Crippen molar-refractivity contribution in [3.05, 3.63) is 35.5 Å². The molecule has 0 bridgehead atoms. The molecule has 7 rings (SSSR count). The summed E-state index contributed by atoms with van der Waals surface area (Å²) in [4.78, 5) is 25.9. The average Bonchev–Trinajstić information content (AvgIpc) is 3.36. The lowest BCUT2D eigenvalue weighted by Crippen LogP contribution is -2.67. The zero-order valence-corrected chi connectivity index (χ0v) is 20.4. The van der Waals surface area contributed by atoms with Gasteiger partial charge in [-0.2, -0.15) is 13.2 Å². The zero-order valence-electron chi connectivity index (χ0n) is 20.4. The highest BCUT2D eigenvalue weighted by Crippen LogP contribution is 2.56. The number of aromatic nitrogens is 4. The third-order valence-electron chi connectivity index (χ3n) is 9.05. The number of rotatable bonds is 4. The molecule has 1 spiro atoms. The molecule has 9 nitrogen and oxygen atoms in total. The van der Waals surface area contributed by atoms with Gasteiger partial charge in [0.1, 0.15) is 17.5 Å². The molecule has 0 aromatic carbocycles. The zero-order chi connectivity index (χ0) is 25.6. The number of alkyl halides is 3. The monoisotopic (exact) mass is 517 g/mol. The molecule has 12 heteroatoms. The number of aromatic amines is 1. The summed E-state index contributed by atoms with van der Waals surface area (Å²) in [6, 6.07) is 3.65. The molecule has 2 aromatic heterocycles. The Bertz CT molecular complexity index is 1190. The molecule has 2 aromatic rings. The molecule has 198 valence electrons. The fourth-order valence-electron chi connectivity index (χ4n) is 6.44. The number of urea groups is 1. The Hall–Kier alpha value is -2.89. The first-order valence-electron chi connectivity index (χ1n) is 13.1. The van der Waals surface area contributed by atoms with Gasteiger partial charge in [0.05, 0.1) is 6.54 Å². The standard InChI is InChI=1S/C25H30F3N7O2/c26-25(27,28)24(37)5-6-33(14-24)19-4-3-16(9-29-19)18-10-34(11-18)22(36)35-12-23(13-35)7-17(8-23)21-30-20(31-32-21)15-1-2-15/h3-4,9,15,17-18,37H,1-2,5-8,10-14H2,(H,30,31,32). The molecule has 5 fully saturated rings. The first kappa shape index (κ1) is 23.2. The van der Waals surface area contributed by atoms with Crippen LogP contribution in [0, 0.1) is 5.41 Å². The van der Waals surface area contributed by atoms with Gasteiger partial charge in [0.15, 0.2) is 5.60 Å². The predicted octanol–water partition coefficient (Wildman–Crippen LogP) is 2.98. The van der Waals surface area contributed by atoms with E-state index in [9.17, 15) is 23.1 Å². The summed E-state index contributed by atoms with van der Waals surface area (Å²) in [6.45, 7) is 2.42. The Morgan fingerprint density at radius 1 is 1.00 bits per heavy atom. The second-order valence-corrected chi connectivity index (χ2v) is 11.9. The maximum Gasteiger partial charge on any atom is 0.418 e. The van der Waals surface area contributed by atoms with Crippen molar-refractivity contribution in [3.8, 4) is 0 Å². The normalized spacial score (nSPS) is 27.8. The molecule has 2 N–H and O–H groups in total. The lowest BCUT2D eigenvalue weighted by Gasteiger charge is -2.59. The van der Waals surface area contributed by atoms with Crippen molar-refractivity contribution in [1.29, 1.82) is 0 Å². The number of carbonyl (C=O) groups is 1. The summed E-state index contributed by atoms with van der Waals surface area (Å²) in [6.07, 6.45) is 1.17. The van der Waals surface area contributed by atoms with Gasteiger partial charge in [-0.3, -0.25) is 0 Å². The number of pyridine rings is 1. The van der Waals surface area contributed by atoms with Gasteiger partial charge in [-0.25, -0.2) is 9.78 Å². The molecule has 1 unspecified atom stereocenters. The van der Waals surface area contributed by atoms with E-state index in [0.29, 0.717) is 30.7 Å². The molecule has 5 heterocycles. The lowest BCUT2D eigenvalue weighted by atomic mass is 9.57. The van der Waals surface area contributed by atoms with Crippen LogP contribution in [0.4, 0.5) is 23.8 Å². The quantitative estimate of drug-likeness (QED) is 0.647. The van der Waals surface area contributed by atoms with Crippen LogP contribution in [0.25, 0.3) is 0 Å². The molecule has 3 saturated heterocycles. The molecule has 2 amide bonds. The van der Waals surface area contributed by atoms with Crippen LogP contribution < -0.4 is 4.90 Å². The highest BCUT2D eigenvalue weighted by atomic mass is 19.4. The molecule has 5 aliphatic rings. The van der Waals surface area contributed by atoms with Crippen molar-refractivity contribution in [2.24, 2.45) is 5.41 Å². The Morgan fingerprint density at radius 3 is 2.30 bits per heavy atom. The number of H-pyrrole nitrogens is 1. The van der Waals surface area contributed by atoms with Gasteiger partial charge in [0.25, 0.3) is 0 Å². The summed E-state index contributed by atoms with van der Waals surface area (Å²) in [5.41, 5.74) is -1.49. The number of carbonyl (C=O) groups excluding carboxylic acids is 1. The summed E-state index contributed by atoms with van der Waals surface area (Å²) in [7, 11) is 0. The van der Waals surface area contributed by atoms with Gasteiger partial charge >= 0.3 is 12.2 Å². The number of anilines is 1. The summed E-state index contributed by atoms with van der Waals surface area (Å²) >= 11 is 0. The van der Waals surface area contributed by atoms with Gasteiger partial charge in [0.2, 0.25) is 0 Å². The minimum absolute atomic E-state index is 0.0779. The third-order valence-corrected chi connectivity index (χ3v) is 9.05. The Balaban J connectivity index is 0.872. The number of aliphatic hydroxyl groups is 1. The van der Waals surface area contributed by atoms with E-state index in [1.54, 1.807) is 12.3 Å². The number of hydrogen-bond acceptors (Lipinski definition) is 6. The summed E-state index contributed by atoms with van der Waals surface area (Å²) in [5, 5.41) is 18.5. The van der Waals surface area contributed by atoms with Gasteiger partial charge in [-0.15, -0.1) is 10.2 Å². The van der Waals surface area contributed by atoms with Crippen molar-refractivity contribution in [1.82, 2.24) is 30.0 Å². The van der Waals surface area contributed by atoms with E-state index >= 15 is 0 Å². The number of nitrogens with zero attached hydrogens (tertiary/aromatic N) is 6. The first-order valence-corrected chi connectivity index (χ1v) is 13.1. The smallest absolute Gasteiger partial charge is 0.379 e. The predicted molar refractivity (Wildman–Crippen MR) is 126 cm³/mol. The second-order valence-electron chi connectivity index (χ2n) is 11.9. The topological polar surface area (TPSA) is 101 Å². The Labute approximate surface area is 212 Å². The van der Waals surface area contributed by atoms with E-state index in [-0.39, 0.29) is 30.3 Å². The van der Waals surface area contributed by atoms with E-state index in [2.05, 4.69) is 20.2 Å². The Morgan fingerprint density at radius 2 is 1.70 bits per heavy atom. The van der Waals surface area contributed by atoms with Crippen molar-refractivity contribution >= 4 is 11.8 Å². The highest BCUT2D eigenvalue weighted by molar-refractivity contribution is 5.77. The molecular formula is C25H30F3N7O2. The van der Waals surface area contributed by atoms with E-state index < -0.39 is 18.3 Å². The number of nitrogens with one attached hydrogen (secondary N) is 1. The van der Waals surface area contributed by atoms with Crippen LogP contribution in [0.3, 0.4) is 0 Å². The van der Waals surface area contributed by atoms with E-state index in [1.165, 1.54) is 17.7 Å². The lowest BCUT2D eigenvalue weighted by molar-refractivity contribution is -0.250. The van der Waals surface area contributed by atoms with Crippen LogP contribution in [0.1, 0.15) is 67.1 Å². The molecule has 37 heavy (non-hydrogen) atoms. The summed E-state index contributed by atoms with van der Waals surface area (Å²) in [5.74, 6) is 3.63. The number of halogens is 3. The number of likely N-dealkylation sites (tertiary alicyclic amines) is 2. The van der Waals surface area contributed by atoms with Crippen molar-refractivity contribution in [3.63, 3.8) is 0 Å². The number of β-amino-alcohol motifs (C(OH)–C–C–N with tert-alkyl or cyclic N) is 1. The molecular weight excluding hydrogens is 487 g/mol. The van der Waals surface area contributed by atoms with Crippen LogP contribution in [0.2, 0.25) is 0 Å². The van der Waals surface area contributed by atoms with Crippen molar-refractivity contribution in [2.45, 2.75) is 61.6 Å². The molecule has 0 radical (unpaired) electrons. The van der Waals surface area contributed by atoms with Crippen LogP contribution in [-0.4, -0.2) is 92.1 Å². The highest BCUT2D eigenvalue weighted by Gasteiger charge is 2.58. The van der Waals surface area contributed by atoms with Crippen molar-refractivity contribution < 1.29 is 23.1 Å². The van der Waals surface area contributed by atoms with E-state index in [1.807, 2.05) is 15.9 Å². The average molecular weight is 518 g/mol. The van der Waals surface area contributed by atoms with Crippen LogP contribution in [0.5, 0.6) is 0 Å². The maximum atomic E-state index is 13.1. The van der Waals surface area contributed by atoms with E-state index in [0.717, 1.165) is 43.1 Å². The van der Waals surface area contributed by atoms with Gasteiger partial charge in [0, 0.05) is 68.5 Å². The van der Waals surface area contributed by atoms with Crippen LogP contribution >= 0.6 is 0 Å². The second kappa shape index (κ2) is 7.81. The minimum atomic E-state index is -4.66. The molecule has 2 saturated carbocycles. The number of amides is 2. The molecule has 3 aliphatic heterocycles. The fourth-order valence-corrected chi connectivity index (χ4v) is 6.44. The molecule has 2 aliphatic carbocycles. The van der Waals surface area contributed by atoms with Crippen molar-refractivity contribution in [2.75, 3.05) is 44.2 Å².